The zero-order chi connectivity index (χ0) is 13.7. The van der Waals surface area contributed by atoms with Gasteiger partial charge in [0.05, 0.1) is 0 Å². The van der Waals surface area contributed by atoms with Crippen LogP contribution in [0.5, 0.6) is 0 Å². The fourth-order valence-corrected chi connectivity index (χ4v) is 2.07. The molecule has 0 bridgehead atoms. The van der Waals surface area contributed by atoms with E-state index in [-0.39, 0.29) is 5.82 Å². The molecular formula is C14H15BrFN3. The van der Waals surface area contributed by atoms with E-state index in [1.54, 1.807) is 6.20 Å². The SMILES string of the molecule is Cc1ccnc(NCCCc2ccc(Br)cc2F)n1. The van der Waals surface area contributed by atoms with Crippen molar-refractivity contribution in [2.75, 3.05) is 11.9 Å². The van der Waals surface area contributed by atoms with E-state index >= 15 is 0 Å². The third kappa shape index (κ3) is 4.28. The van der Waals surface area contributed by atoms with E-state index in [0.717, 1.165) is 28.7 Å². The molecule has 0 amide bonds. The van der Waals surface area contributed by atoms with Crippen LogP contribution in [-0.2, 0) is 6.42 Å². The third-order valence-electron chi connectivity index (χ3n) is 2.72. The van der Waals surface area contributed by atoms with E-state index in [9.17, 15) is 4.39 Å². The van der Waals surface area contributed by atoms with Gasteiger partial charge in [0.1, 0.15) is 5.82 Å². The summed E-state index contributed by atoms with van der Waals surface area (Å²) in [6, 6.07) is 7.01. The molecule has 2 aromatic rings. The molecule has 0 saturated carbocycles. The zero-order valence-electron chi connectivity index (χ0n) is 10.7. The first-order valence-corrected chi connectivity index (χ1v) is 6.92. The second-order valence-corrected chi connectivity index (χ2v) is 5.20. The Balaban J connectivity index is 1.81. The first kappa shape index (κ1) is 13.9. The minimum absolute atomic E-state index is 0.166. The van der Waals surface area contributed by atoms with Crippen LogP contribution in [0.25, 0.3) is 0 Å². The molecule has 19 heavy (non-hydrogen) atoms. The van der Waals surface area contributed by atoms with Crippen molar-refractivity contribution in [3.63, 3.8) is 0 Å². The predicted octanol–water partition coefficient (Wildman–Crippen LogP) is 3.73. The van der Waals surface area contributed by atoms with Crippen molar-refractivity contribution in [3.8, 4) is 0 Å². The topological polar surface area (TPSA) is 37.8 Å². The predicted molar refractivity (Wildman–Crippen MR) is 77.7 cm³/mol. The summed E-state index contributed by atoms with van der Waals surface area (Å²) in [4.78, 5) is 8.36. The van der Waals surface area contributed by atoms with Gasteiger partial charge < -0.3 is 5.32 Å². The Labute approximate surface area is 120 Å². The molecule has 0 radical (unpaired) electrons. The smallest absolute Gasteiger partial charge is 0.222 e. The number of aromatic nitrogens is 2. The van der Waals surface area contributed by atoms with Gasteiger partial charge in [-0.25, -0.2) is 14.4 Å². The second-order valence-electron chi connectivity index (χ2n) is 4.29. The first-order valence-electron chi connectivity index (χ1n) is 6.12. The number of hydrogen-bond donors (Lipinski definition) is 1. The van der Waals surface area contributed by atoms with Gasteiger partial charge in [-0.2, -0.15) is 0 Å². The largest absolute Gasteiger partial charge is 0.354 e. The van der Waals surface area contributed by atoms with Gasteiger partial charge in [-0.3, -0.25) is 0 Å². The lowest BCUT2D eigenvalue weighted by Crippen LogP contribution is -2.07. The summed E-state index contributed by atoms with van der Waals surface area (Å²) in [6.07, 6.45) is 3.24. The standard InChI is InChI=1S/C14H15BrFN3/c1-10-6-8-18-14(19-10)17-7-2-3-11-4-5-12(15)9-13(11)16/h4-6,8-9H,2-3,7H2,1H3,(H,17,18,19). The number of nitrogens with one attached hydrogen (secondary N) is 1. The lowest BCUT2D eigenvalue weighted by atomic mass is 10.1. The number of hydrogen-bond acceptors (Lipinski definition) is 3. The average Bonchev–Trinajstić information content (AvgIpc) is 2.37. The third-order valence-corrected chi connectivity index (χ3v) is 3.21. The normalized spacial score (nSPS) is 10.5. The maximum atomic E-state index is 13.6. The van der Waals surface area contributed by atoms with Crippen LogP contribution >= 0.6 is 15.9 Å². The maximum Gasteiger partial charge on any atom is 0.222 e. The van der Waals surface area contributed by atoms with Crippen molar-refractivity contribution in [1.29, 1.82) is 0 Å². The van der Waals surface area contributed by atoms with E-state index in [4.69, 9.17) is 0 Å². The maximum absolute atomic E-state index is 13.6. The molecule has 0 spiro atoms. The number of benzene rings is 1. The monoisotopic (exact) mass is 323 g/mol. The molecule has 2 rings (SSSR count). The molecule has 0 aliphatic heterocycles. The number of anilines is 1. The Hall–Kier alpha value is -1.49. The van der Waals surface area contributed by atoms with Gasteiger partial charge in [0, 0.05) is 22.9 Å². The van der Waals surface area contributed by atoms with E-state index in [1.807, 2.05) is 25.1 Å². The lowest BCUT2D eigenvalue weighted by Gasteiger charge is -2.06. The average molecular weight is 324 g/mol. The highest BCUT2D eigenvalue weighted by molar-refractivity contribution is 9.10. The van der Waals surface area contributed by atoms with Gasteiger partial charge in [-0.05, 0) is 43.5 Å². The molecule has 1 N–H and O–H groups in total. The molecule has 0 aliphatic carbocycles. The van der Waals surface area contributed by atoms with Crippen LogP contribution in [0, 0.1) is 12.7 Å². The summed E-state index contributed by atoms with van der Waals surface area (Å²) < 4.78 is 14.3. The van der Waals surface area contributed by atoms with Crippen LogP contribution in [0.4, 0.5) is 10.3 Å². The molecule has 0 unspecified atom stereocenters. The van der Waals surface area contributed by atoms with Crippen molar-refractivity contribution >= 4 is 21.9 Å². The molecular weight excluding hydrogens is 309 g/mol. The van der Waals surface area contributed by atoms with Crippen molar-refractivity contribution < 1.29 is 4.39 Å². The molecule has 1 heterocycles. The van der Waals surface area contributed by atoms with Crippen LogP contribution in [0.2, 0.25) is 0 Å². The molecule has 0 fully saturated rings. The molecule has 0 saturated heterocycles. The quantitative estimate of drug-likeness (QED) is 0.852. The molecule has 5 heteroatoms. The first-order chi connectivity index (χ1) is 9.15. The Morgan fingerprint density at radius 3 is 2.89 bits per heavy atom. The number of rotatable bonds is 5. The minimum Gasteiger partial charge on any atom is -0.354 e. The summed E-state index contributed by atoms with van der Waals surface area (Å²) in [5.41, 5.74) is 1.66. The summed E-state index contributed by atoms with van der Waals surface area (Å²) in [6.45, 7) is 2.64. The van der Waals surface area contributed by atoms with Crippen molar-refractivity contribution in [3.05, 3.63) is 52.0 Å². The van der Waals surface area contributed by atoms with Crippen LogP contribution in [0.15, 0.2) is 34.9 Å². The molecule has 0 atom stereocenters. The van der Waals surface area contributed by atoms with Gasteiger partial charge in [0.25, 0.3) is 0 Å². The van der Waals surface area contributed by atoms with Gasteiger partial charge in [-0.15, -0.1) is 0 Å². The number of nitrogens with zero attached hydrogens (tertiary/aromatic N) is 2. The molecule has 0 aliphatic rings. The van der Waals surface area contributed by atoms with E-state index in [2.05, 4.69) is 31.2 Å². The van der Waals surface area contributed by atoms with Crippen LogP contribution in [0.3, 0.4) is 0 Å². The van der Waals surface area contributed by atoms with Crippen molar-refractivity contribution in [1.82, 2.24) is 9.97 Å². The van der Waals surface area contributed by atoms with Gasteiger partial charge >= 0.3 is 0 Å². The molecule has 100 valence electrons. The van der Waals surface area contributed by atoms with Crippen LogP contribution < -0.4 is 5.32 Å². The molecule has 3 nitrogen and oxygen atoms in total. The highest BCUT2D eigenvalue weighted by Gasteiger charge is 2.02. The number of halogens is 2. The van der Waals surface area contributed by atoms with Gasteiger partial charge in [0.2, 0.25) is 5.95 Å². The highest BCUT2D eigenvalue weighted by atomic mass is 79.9. The highest BCUT2D eigenvalue weighted by Crippen LogP contribution is 2.16. The molecule has 1 aromatic carbocycles. The van der Waals surface area contributed by atoms with Gasteiger partial charge in [-0.1, -0.05) is 22.0 Å². The van der Waals surface area contributed by atoms with E-state index in [0.29, 0.717) is 12.4 Å². The van der Waals surface area contributed by atoms with E-state index in [1.165, 1.54) is 6.07 Å². The van der Waals surface area contributed by atoms with E-state index < -0.39 is 0 Å². The summed E-state index contributed by atoms with van der Waals surface area (Å²) in [5.74, 6) is 0.456. The van der Waals surface area contributed by atoms with Crippen molar-refractivity contribution in [2.24, 2.45) is 0 Å². The Bertz CT molecular complexity index is 560. The van der Waals surface area contributed by atoms with Crippen LogP contribution in [0.1, 0.15) is 17.7 Å². The van der Waals surface area contributed by atoms with Crippen LogP contribution in [-0.4, -0.2) is 16.5 Å². The summed E-state index contributed by atoms with van der Waals surface area (Å²) in [5, 5.41) is 3.13. The summed E-state index contributed by atoms with van der Waals surface area (Å²) >= 11 is 3.25. The summed E-state index contributed by atoms with van der Waals surface area (Å²) in [7, 11) is 0. The second kappa shape index (κ2) is 6.61. The molecule has 1 aromatic heterocycles. The Morgan fingerprint density at radius 1 is 1.32 bits per heavy atom. The Kier molecular flexibility index (Phi) is 4.85. The number of aryl methyl sites for hydroxylation is 2. The minimum atomic E-state index is -0.166. The fourth-order valence-electron chi connectivity index (χ4n) is 1.74. The fraction of sp³-hybridized carbons (Fsp3) is 0.286. The Morgan fingerprint density at radius 2 is 2.16 bits per heavy atom. The zero-order valence-corrected chi connectivity index (χ0v) is 12.2. The lowest BCUT2D eigenvalue weighted by molar-refractivity contribution is 0.605. The van der Waals surface area contributed by atoms with Crippen molar-refractivity contribution in [2.45, 2.75) is 19.8 Å². The van der Waals surface area contributed by atoms with Gasteiger partial charge in [0.15, 0.2) is 0 Å².